The SMILES string of the molecule is CCC(NC(=O)N(Cc1ccsc1)C1CCCC1)c1ncc(C)[nH]1. The molecule has 1 saturated carbocycles. The average Bonchev–Trinajstić information content (AvgIpc) is 3.32. The molecule has 2 aromatic heterocycles. The summed E-state index contributed by atoms with van der Waals surface area (Å²) in [5.41, 5.74) is 2.23. The van der Waals surface area contributed by atoms with E-state index in [1.807, 2.05) is 18.0 Å². The van der Waals surface area contributed by atoms with Gasteiger partial charge < -0.3 is 15.2 Å². The Bertz CT molecular complexity index is 646. The molecule has 6 heteroatoms. The molecule has 1 fully saturated rings. The van der Waals surface area contributed by atoms with E-state index in [0.717, 1.165) is 30.8 Å². The number of hydrogen-bond donors (Lipinski definition) is 2. The van der Waals surface area contributed by atoms with Crippen LogP contribution in [-0.4, -0.2) is 26.9 Å². The van der Waals surface area contributed by atoms with Crippen molar-refractivity contribution < 1.29 is 4.79 Å². The van der Waals surface area contributed by atoms with Crippen molar-refractivity contribution in [3.05, 3.63) is 40.1 Å². The molecule has 2 amide bonds. The van der Waals surface area contributed by atoms with Gasteiger partial charge in [-0.25, -0.2) is 9.78 Å². The molecule has 1 aliphatic carbocycles. The van der Waals surface area contributed by atoms with Crippen molar-refractivity contribution in [2.75, 3.05) is 0 Å². The summed E-state index contributed by atoms with van der Waals surface area (Å²) in [6, 6.07) is 2.40. The third-order valence-corrected chi connectivity index (χ3v) is 5.45. The van der Waals surface area contributed by atoms with Crippen LogP contribution in [0.4, 0.5) is 4.79 Å². The average molecular weight is 347 g/mol. The van der Waals surface area contributed by atoms with Crippen LogP contribution in [0.25, 0.3) is 0 Å². The van der Waals surface area contributed by atoms with Crippen molar-refractivity contribution in [1.82, 2.24) is 20.2 Å². The molecule has 130 valence electrons. The minimum atomic E-state index is -0.0717. The Kier molecular flexibility index (Phi) is 5.56. The molecule has 1 unspecified atom stereocenters. The molecular formula is C18H26N4OS. The monoisotopic (exact) mass is 346 g/mol. The lowest BCUT2D eigenvalue weighted by Gasteiger charge is -2.30. The summed E-state index contributed by atoms with van der Waals surface area (Å²) in [5, 5.41) is 7.38. The van der Waals surface area contributed by atoms with Gasteiger partial charge in [-0.15, -0.1) is 0 Å². The summed E-state index contributed by atoms with van der Waals surface area (Å²) in [5.74, 6) is 0.838. The highest BCUT2D eigenvalue weighted by molar-refractivity contribution is 7.07. The van der Waals surface area contributed by atoms with Gasteiger partial charge in [0, 0.05) is 24.5 Å². The summed E-state index contributed by atoms with van der Waals surface area (Å²) in [7, 11) is 0. The van der Waals surface area contributed by atoms with E-state index in [4.69, 9.17) is 0 Å². The third-order valence-electron chi connectivity index (χ3n) is 4.72. The number of aromatic nitrogens is 2. The number of carbonyl (C=O) groups excluding carboxylic acids is 1. The van der Waals surface area contributed by atoms with E-state index in [-0.39, 0.29) is 12.1 Å². The molecule has 1 atom stereocenters. The Hall–Kier alpha value is -1.82. The fourth-order valence-corrected chi connectivity index (χ4v) is 4.03. The lowest BCUT2D eigenvalue weighted by molar-refractivity contribution is 0.166. The number of urea groups is 1. The molecule has 3 rings (SSSR count). The molecule has 0 aliphatic heterocycles. The van der Waals surface area contributed by atoms with Crippen molar-refractivity contribution in [3.63, 3.8) is 0 Å². The largest absolute Gasteiger partial charge is 0.344 e. The number of nitrogens with one attached hydrogen (secondary N) is 2. The molecule has 2 heterocycles. The lowest BCUT2D eigenvalue weighted by Crippen LogP contribution is -2.46. The van der Waals surface area contributed by atoms with Crippen LogP contribution in [0.2, 0.25) is 0 Å². The Morgan fingerprint density at radius 1 is 1.50 bits per heavy atom. The zero-order valence-electron chi connectivity index (χ0n) is 14.4. The minimum absolute atomic E-state index is 0.0222. The number of aromatic amines is 1. The van der Waals surface area contributed by atoms with Gasteiger partial charge in [-0.05, 0) is 48.6 Å². The number of H-pyrrole nitrogens is 1. The third kappa shape index (κ3) is 3.98. The van der Waals surface area contributed by atoms with Gasteiger partial charge in [0.1, 0.15) is 5.82 Å². The highest BCUT2D eigenvalue weighted by Crippen LogP contribution is 2.26. The Balaban J connectivity index is 1.72. The minimum Gasteiger partial charge on any atom is -0.344 e. The highest BCUT2D eigenvalue weighted by atomic mass is 32.1. The molecule has 5 nitrogen and oxygen atoms in total. The van der Waals surface area contributed by atoms with Crippen molar-refractivity contribution in [2.45, 2.75) is 64.6 Å². The molecule has 0 aromatic carbocycles. The highest BCUT2D eigenvalue weighted by Gasteiger charge is 2.28. The molecule has 0 spiro atoms. The van der Waals surface area contributed by atoms with Crippen LogP contribution in [0.15, 0.2) is 23.0 Å². The number of thiophene rings is 1. The lowest BCUT2D eigenvalue weighted by atomic mass is 10.2. The van der Waals surface area contributed by atoms with E-state index < -0.39 is 0 Å². The van der Waals surface area contributed by atoms with Gasteiger partial charge in [-0.3, -0.25) is 0 Å². The second-order valence-electron chi connectivity index (χ2n) is 6.56. The quantitative estimate of drug-likeness (QED) is 0.815. The maximum absolute atomic E-state index is 13.0. The Morgan fingerprint density at radius 2 is 2.29 bits per heavy atom. The normalized spacial score (nSPS) is 16.2. The predicted molar refractivity (Wildman–Crippen MR) is 97.0 cm³/mol. The first-order valence-electron chi connectivity index (χ1n) is 8.77. The molecule has 24 heavy (non-hydrogen) atoms. The molecule has 2 N–H and O–H groups in total. The fraction of sp³-hybridized carbons (Fsp3) is 0.556. The maximum atomic E-state index is 13.0. The van der Waals surface area contributed by atoms with Crippen LogP contribution < -0.4 is 5.32 Å². The Labute approximate surface area is 147 Å². The number of imidazole rings is 1. The van der Waals surface area contributed by atoms with E-state index in [0.29, 0.717) is 12.6 Å². The number of rotatable bonds is 6. The van der Waals surface area contributed by atoms with Crippen LogP contribution >= 0.6 is 11.3 Å². The van der Waals surface area contributed by atoms with Gasteiger partial charge in [0.15, 0.2) is 0 Å². The van der Waals surface area contributed by atoms with E-state index in [1.54, 1.807) is 11.3 Å². The first-order chi connectivity index (χ1) is 11.7. The Morgan fingerprint density at radius 3 is 2.88 bits per heavy atom. The first-order valence-corrected chi connectivity index (χ1v) is 9.71. The molecule has 0 saturated heterocycles. The molecule has 2 aromatic rings. The number of carbonyl (C=O) groups is 1. The van der Waals surface area contributed by atoms with Gasteiger partial charge in [-0.1, -0.05) is 19.8 Å². The molecule has 0 radical (unpaired) electrons. The smallest absolute Gasteiger partial charge is 0.318 e. The van der Waals surface area contributed by atoms with Gasteiger partial charge in [-0.2, -0.15) is 11.3 Å². The van der Waals surface area contributed by atoms with E-state index in [2.05, 4.69) is 39.0 Å². The van der Waals surface area contributed by atoms with Crippen molar-refractivity contribution in [3.8, 4) is 0 Å². The summed E-state index contributed by atoms with van der Waals surface area (Å²) in [4.78, 5) is 22.6. The predicted octanol–water partition coefficient (Wildman–Crippen LogP) is 4.39. The molecule has 0 bridgehead atoms. The zero-order chi connectivity index (χ0) is 16.9. The topological polar surface area (TPSA) is 61.0 Å². The summed E-state index contributed by atoms with van der Waals surface area (Å²) in [6.07, 6.45) is 7.27. The van der Waals surface area contributed by atoms with E-state index >= 15 is 0 Å². The number of aryl methyl sites for hydroxylation is 1. The van der Waals surface area contributed by atoms with Crippen LogP contribution in [-0.2, 0) is 6.54 Å². The van der Waals surface area contributed by atoms with Gasteiger partial charge >= 0.3 is 6.03 Å². The summed E-state index contributed by atoms with van der Waals surface area (Å²) in [6.45, 7) is 4.74. The van der Waals surface area contributed by atoms with E-state index in [1.165, 1.54) is 18.4 Å². The molecular weight excluding hydrogens is 320 g/mol. The van der Waals surface area contributed by atoms with Crippen LogP contribution in [0.5, 0.6) is 0 Å². The number of amides is 2. The zero-order valence-corrected chi connectivity index (χ0v) is 15.2. The van der Waals surface area contributed by atoms with Gasteiger partial charge in [0.05, 0.1) is 6.04 Å². The van der Waals surface area contributed by atoms with Crippen LogP contribution in [0.1, 0.15) is 62.2 Å². The fourth-order valence-electron chi connectivity index (χ4n) is 3.37. The second kappa shape index (κ2) is 7.83. The van der Waals surface area contributed by atoms with Crippen molar-refractivity contribution in [2.24, 2.45) is 0 Å². The van der Waals surface area contributed by atoms with Crippen LogP contribution in [0, 0.1) is 6.92 Å². The standard InChI is InChI=1S/C18H26N4OS/c1-3-16(17-19-10-13(2)20-17)21-18(23)22(15-6-4-5-7-15)11-14-8-9-24-12-14/h8-10,12,15-16H,3-7,11H2,1-2H3,(H,19,20)(H,21,23). The van der Waals surface area contributed by atoms with Crippen molar-refractivity contribution in [1.29, 1.82) is 0 Å². The number of hydrogen-bond acceptors (Lipinski definition) is 3. The second-order valence-corrected chi connectivity index (χ2v) is 7.34. The molecule has 1 aliphatic rings. The van der Waals surface area contributed by atoms with E-state index in [9.17, 15) is 4.79 Å². The van der Waals surface area contributed by atoms with Crippen molar-refractivity contribution >= 4 is 17.4 Å². The first kappa shape index (κ1) is 17.0. The van der Waals surface area contributed by atoms with Gasteiger partial charge in [0.25, 0.3) is 0 Å². The number of nitrogens with zero attached hydrogens (tertiary/aromatic N) is 2. The maximum Gasteiger partial charge on any atom is 0.318 e. The summed E-state index contributed by atoms with van der Waals surface area (Å²) >= 11 is 1.68. The van der Waals surface area contributed by atoms with Gasteiger partial charge in [0.2, 0.25) is 0 Å². The summed E-state index contributed by atoms with van der Waals surface area (Å²) < 4.78 is 0. The van der Waals surface area contributed by atoms with Crippen LogP contribution in [0.3, 0.4) is 0 Å².